The van der Waals surface area contributed by atoms with Crippen molar-refractivity contribution < 1.29 is 18.9 Å². The van der Waals surface area contributed by atoms with E-state index in [-0.39, 0.29) is 30.7 Å². The Morgan fingerprint density at radius 1 is 0.929 bits per heavy atom. The van der Waals surface area contributed by atoms with Crippen LogP contribution in [0.2, 0.25) is 0 Å². The number of amides is 2. The zero-order valence-electron chi connectivity index (χ0n) is 15.7. The number of quaternary nitrogens is 1. The molecule has 5 nitrogen and oxygen atoms in total. The van der Waals surface area contributed by atoms with Gasteiger partial charge in [-0.05, 0) is 41.1 Å². The molecule has 3 rings (SSSR count). The average molecular weight is 380 g/mol. The standard InChI is InChI=1S/C22H22FN3O2/c1-26(14-16-6-7-17-4-2-3-5-18(17)12-16)15-22(28)24-13-21(27)25-20-10-8-19(23)9-11-20/h2-12H,13-15H2,1H3,(H,24,28)(H,25,27)/p+1. The molecule has 2 amide bonds. The summed E-state index contributed by atoms with van der Waals surface area (Å²) in [5, 5.41) is 7.59. The fourth-order valence-corrected chi connectivity index (χ4v) is 3.01. The van der Waals surface area contributed by atoms with Crippen LogP contribution in [-0.2, 0) is 16.1 Å². The first-order valence-electron chi connectivity index (χ1n) is 9.11. The molecule has 0 fully saturated rings. The maximum atomic E-state index is 12.9. The van der Waals surface area contributed by atoms with Gasteiger partial charge in [-0.2, -0.15) is 0 Å². The van der Waals surface area contributed by atoms with Crippen LogP contribution in [-0.4, -0.2) is 32.0 Å². The van der Waals surface area contributed by atoms with Crippen LogP contribution >= 0.6 is 0 Å². The van der Waals surface area contributed by atoms with Crippen molar-refractivity contribution in [3.63, 3.8) is 0 Å². The van der Waals surface area contributed by atoms with Gasteiger partial charge in [-0.1, -0.05) is 36.4 Å². The van der Waals surface area contributed by atoms with Gasteiger partial charge >= 0.3 is 0 Å². The second-order valence-corrected chi connectivity index (χ2v) is 6.82. The van der Waals surface area contributed by atoms with Crippen molar-refractivity contribution in [1.82, 2.24) is 5.32 Å². The summed E-state index contributed by atoms with van der Waals surface area (Å²) in [5.74, 6) is -0.927. The van der Waals surface area contributed by atoms with Crippen molar-refractivity contribution in [3.05, 3.63) is 78.1 Å². The van der Waals surface area contributed by atoms with E-state index < -0.39 is 0 Å². The quantitative estimate of drug-likeness (QED) is 0.585. The van der Waals surface area contributed by atoms with E-state index in [1.807, 2.05) is 19.2 Å². The van der Waals surface area contributed by atoms with Crippen LogP contribution < -0.4 is 15.5 Å². The Morgan fingerprint density at radius 2 is 1.64 bits per heavy atom. The van der Waals surface area contributed by atoms with E-state index in [0.29, 0.717) is 12.2 Å². The van der Waals surface area contributed by atoms with Gasteiger partial charge in [-0.3, -0.25) is 9.59 Å². The molecule has 0 radical (unpaired) electrons. The molecular formula is C22H23FN3O2+. The molecule has 0 heterocycles. The molecule has 144 valence electrons. The number of anilines is 1. The van der Waals surface area contributed by atoms with Crippen LogP contribution in [0.4, 0.5) is 10.1 Å². The van der Waals surface area contributed by atoms with Crippen molar-refractivity contribution in [1.29, 1.82) is 0 Å². The lowest BCUT2D eigenvalue weighted by Crippen LogP contribution is -3.08. The minimum absolute atomic E-state index is 0.126. The zero-order chi connectivity index (χ0) is 19.9. The summed E-state index contributed by atoms with van der Waals surface area (Å²) in [6.45, 7) is 0.843. The Morgan fingerprint density at radius 3 is 2.39 bits per heavy atom. The molecule has 0 saturated heterocycles. The number of halogens is 1. The highest BCUT2D eigenvalue weighted by Gasteiger charge is 2.12. The van der Waals surface area contributed by atoms with Crippen LogP contribution in [0.3, 0.4) is 0 Å². The summed E-state index contributed by atoms with van der Waals surface area (Å²) in [5.41, 5.74) is 1.64. The lowest BCUT2D eigenvalue weighted by molar-refractivity contribution is -0.885. The smallest absolute Gasteiger partial charge is 0.275 e. The Balaban J connectivity index is 1.44. The fraction of sp³-hybridized carbons (Fsp3) is 0.182. The molecule has 0 spiro atoms. The number of hydrogen-bond acceptors (Lipinski definition) is 2. The van der Waals surface area contributed by atoms with Gasteiger partial charge in [0.15, 0.2) is 6.54 Å². The van der Waals surface area contributed by atoms with E-state index >= 15 is 0 Å². The normalized spacial score (nSPS) is 11.8. The summed E-state index contributed by atoms with van der Waals surface area (Å²) in [6, 6.07) is 19.9. The average Bonchev–Trinajstić information content (AvgIpc) is 2.68. The minimum Gasteiger partial charge on any atom is -0.342 e. The molecule has 3 N–H and O–H groups in total. The maximum Gasteiger partial charge on any atom is 0.275 e. The van der Waals surface area contributed by atoms with Crippen LogP contribution in [0, 0.1) is 5.82 Å². The van der Waals surface area contributed by atoms with Crippen molar-refractivity contribution in [2.24, 2.45) is 0 Å². The van der Waals surface area contributed by atoms with E-state index in [1.165, 1.54) is 35.0 Å². The Labute approximate surface area is 163 Å². The number of fused-ring (bicyclic) bond motifs is 1. The van der Waals surface area contributed by atoms with Crippen LogP contribution in [0.1, 0.15) is 5.56 Å². The molecule has 3 aromatic carbocycles. The Hall–Kier alpha value is -3.25. The third kappa shape index (κ3) is 5.62. The summed E-state index contributed by atoms with van der Waals surface area (Å²) in [7, 11) is 1.94. The number of nitrogens with one attached hydrogen (secondary N) is 3. The summed E-state index contributed by atoms with van der Waals surface area (Å²) >= 11 is 0. The van der Waals surface area contributed by atoms with Gasteiger partial charge in [0.1, 0.15) is 12.4 Å². The molecule has 3 aromatic rings. The first kappa shape index (κ1) is 19.5. The highest BCUT2D eigenvalue weighted by molar-refractivity contribution is 5.94. The zero-order valence-corrected chi connectivity index (χ0v) is 15.7. The highest BCUT2D eigenvalue weighted by atomic mass is 19.1. The number of hydrogen-bond donors (Lipinski definition) is 3. The lowest BCUT2D eigenvalue weighted by Gasteiger charge is -2.14. The molecule has 0 aromatic heterocycles. The number of benzene rings is 3. The van der Waals surface area contributed by atoms with Crippen molar-refractivity contribution >= 4 is 28.3 Å². The van der Waals surface area contributed by atoms with Gasteiger partial charge in [0.05, 0.1) is 13.6 Å². The molecule has 0 aliphatic carbocycles. The summed E-state index contributed by atoms with van der Waals surface area (Å²) < 4.78 is 12.9. The molecule has 0 saturated carbocycles. The van der Waals surface area contributed by atoms with Crippen LogP contribution in [0.15, 0.2) is 66.7 Å². The monoisotopic (exact) mass is 380 g/mol. The van der Waals surface area contributed by atoms with E-state index in [2.05, 4.69) is 41.0 Å². The molecular weight excluding hydrogens is 357 g/mol. The van der Waals surface area contributed by atoms with Gasteiger partial charge < -0.3 is 15.5 Å². The number of carbonyl (C=O) groups is 2. The Kier molecular flexibility index (Phi) is 6.34. The Bertz CT molecular complexity index is 973. The van der Waals surface area contributed by atoms with E-state index in [0.717, 1.165) is 10.5 Å². The second-order valence-electron chi connectivity index (χ2n) is 6.82. The number of carbonyl (C=O) groups excluding carboxylic acids is 2. The summed E-state index contributed by atoms with van der Waals surface area (Å²) in [4.78, 5) is 25.0. The van der Waals surface area contributed by atoms with Gasteiger partial charge in [0, 0.05) is 11.3 Å². The fourth-order valence-electron chi connectivity index (χ4n) is 3.01. The highest BCUT2D eigenvalue weighted by Crippen LogP contribution is 2.15. The molecule has 1 unspecified atom stereocenters. The van der Waals surface area contributed by atoms with Crippen molar-refractivity contribution in [2.75, 3.05) is 25.5 Å². The SMILES string of the molecule is C[NH+](CC(=O)NCC(=O)Nc1ccc(F)cc1)Cc1ccc2ccccc2c1. The van der Waals surface area contributed by atoms with Gasteiger partial charge in [-0.25, -0.2) is 4.39 Å². The summed E-state index contributed by atoms with van der Waals surface area (Å²) in [6.07, 6.45) is 0. The van der Waals surface area contributed by atoms with Crippen molar-refractivity contribution in [2.45, 2.75) is 6.54 Å². The predicted octanol–water partition coefficient (Wildman–Crippen LogP) is 1.75. The van der Waals surface area contributed by atoms with Gasteiger partial charge in [0.2, 0.25) is 5.91 Å². The van der Waals surface area contributed by atoms with Crippen LogP contribution in [0.5, 0.6) is 0 Å². The third-order valence-corrected chi connectivity index (χ3v) is 4.36. The predicted molar refractivity (Wildman–Crippen MR) is 107 cm³/mol. The van der Waals surface area contributed by atoms with Gasteiger partial charge in [0.25, 0.3) is 5.91 Å². The first-order valence-corrected chi connectivity index (χ1v) is 9.11. The van der Waals surface area contributed by atoms with Gasteiger partial charge in [-0.15, -0.1) is 0 Å². The van der Waals surface area contributed by atoms with E-state index in [1.54, 1.807) is 0 Å². The molecule has 28 heavy (non-hydrogen) atoms. The van der Waals surface area contributed by atoms with Crippen LogP contribution in [0.25, 0.3) is 10.8 Å². The van der Waals surface area contributed by atoms with E-state index in [9.17, 15) is 14.0 Å². The van der Waals surface area contributed by atoms with Crippen molar-refractivity contribution in [3.8, 4) is 0 Å². The number of likely N-dealkylation sites (N-methyl/N-ethyl adjacent to an activating group) is 1. The first-order chi connectivity index (χ1) is 13.5. The second kappa shape index (κ2) is 9.10. The molecule has 0 bridgehead atoms. The number of rotatable bonds is 7. The maximum absolute atomic E-state index is 12.9. The molecule has 0 aliphatic heterocycles. The largest absolute Gasteiger partial charge is 0.342 e. The van der Waals surface area contributed by atoms with E-state index in [4.69, 9.17) is 0 Å². The third-order valence-electron chi connectivity index (χ3n) is 4.36. The molecule has 6 heteroatoms. The lowest BCUT2D eigenvalue weighted by atomic mass is 10.1. The molecule has 1 atom stereocenters. The topological polar surface area (TPSA) is 62.6 Å². The minimum atomic E-state index is -0.372. The molecule has 0 aliphatic rings.